The Labute approximate surface area is 249 Å². The van der Waals surface area contributed by atoms with E-state index in [1.807, 2.05) is 0 Å². The molecular formula is C29H27Cl2FN4O4S. The van der Waals surface area contributed by atoms with Crippen molar-refractivity contribution >= 4 is 50.7 Å². The third-order valence-electron chi connectivity index (χ3n) is 8.80. The number of fused-ring (bicyclic) bond motifs is 3. The molecule has 0 saturated heterocycles. The van der Waals surface area contributed by atoms with Gasteiger partial charge in [-0.2, -0.15) is 5.90 Å². The average molecular weight is 618 g/mol. The second-order valence-corrected chi connectivity index (χ2v) is 13.1. The number of aliphatic hydroxyl groups is 1. The molecule has 3 saturated carbocycles. The first kappa shape index (κ1) is 27.2. The van der Waals surface area contributed by atoms with Crippen LogP contribution in [0.5, 0.6) is 0 Å². The number of nitrogens with two attached hydrogens (primary N) is 1. The summed E-state index contributed by atoms with van der Waals surface area (Å²) in [6, 6.07) is 8.15. The van der Waals surface area contributed by atoms with E-state index in [2.05, 4.69) is 15.0 Å². The largest absolute Gasteiger partial charge is 0.391 e. The fourth-order valence-corrected chi connectivity index (χ4v) is 8.44. The molecule has 0 spiro atoms. The van der Waals surface area contributed by atoms with Crippen LogP contribution in [0.1, 0.15) is 66.3 Å². The maximum atomic E-state index is 14.9. The van der Waals surface area contributed by atoms with Gasteiger partial charge in [-0.3, -0.25) is 5.41 Å². The molecule has 0 amide bonds. The zero-order valence-corrected chi connectivity index (χ0v) is 24.2. The molecule has 3 aliphatic rings. The van der Waals surface area contributed by atoms with E-state index >= 15 is 0 Å². The number of ether oxygens (including phenoxy) is 1. The summed E-state index contributed by atoms with van der Waals surface area (Å²) in [4.78, 5) is 9.02. The molecule has 41 heavy (non-hydrogen) atoms. The van der Waals surface area contributed by atoms with Crippen LogP contribution in [-0.4, -0.2) is 27.2 Å². The number of thiazole rings is 1. The summed E-state index contributed by atoms with van der Waals surface area (Å²) < 4.78 is 27.7. The van der Waals surface area contributed by atoms with E-state index < -0.39 is 11.4 Å². The maximum absolute atomic E-state index is 14.9. The van der Waals surface area contributed by atoms with E-state index in [9.17, 15) is 9.50 Å². The van der Waals surface area contributed by atoms with E-state index in [0.717, 1.165) is 37.0 Å². The van der Waals surface area contributed by atoms with E-state index in [1.165, 1.54) is 17.4 Å². The molecule has 12 heteroatoms. The minimum absolute atomic E-state index is 0.0795. The number of halogens is 3. The predicted octanol–water partition coefficient (Wildman–Crippen LogP) is 7.08. The lowest BCUT2D eigenvalue weighted by Crippen LogP contribution is -2.44. The second-order valence-electron chi connectivity index (χ2n) is 11.2. The molecule has 2 aromatic heterocycles. The molecule has 0 aliphatic heterocycles. The average Bonchev–Trinajstić information content (AvgIpc) is 3.53. The summed E-state index contributed by atoms with van der Waals surface area (Å²) in [6.45, 7) is 0.305. The Kier molecular flexibility index (Phi) is 6.84. The van der Waals surface area contributed by atoms with Gasteiger partial charge in [0.15, 0.2) is 5.82 Å². The van der Waals surface area contributed by atoms with Crippen LogP contribution < -0.4 is 5.90 Å². The zero-order valence-electron chi connectivity index (χ0n) is 21.8. The van der Waals surface area contributed by atoms with Crippen LogP contribution >= 0.6 is 34.5 Å². The fraction of sp³-hybridized carbons (Fsp3) is 0.414. The van der Waals surface area contributed by atoms with Crippen molar-refractivity contribution in [2.45, 2.75) is 62.8 Å². The Balaban J connectivity index is 1.13. The van der Waals surface area contributed by atoms with Crippen LogP contribution in [0.3, 0.4) is 0 Å². The molecule has 0 unspecified atom stereocenters. The van der Waals surface area contributed by atoms with Crippen LogP contribution in [0.25, 0.3) is 21.5 Å². The quantitative estimate of drug-likeness (QED) is 0.115. The lowest BCUT2D eigenvalue weighted by Gasteiger charge is -2.41. The van der Waals surface area contributed by atoms with Gasteiger partial charge < -0.3 is 19.2 Å². The second kappa shape index (κ2) is 10.3. The number of hydrogen-bond donors (Lipinski definition) is 3. The van der Waals surface area contributed by atoms with Gasteiger partial charge in [0.05, 0.1) is 27.5 Å². The Hall–Kier alpha value is -2.60. The first-order chi connectivity index (χ1) is 19.8. The maximum Gasteiger partial charge on any atom is 0.237 e. The van der Waals surface area contributed by atoms with Crippen LogP contribution in [0.4, 0.5) is 4.39 Å². The molecule has 0 radical (unpaired) electrons. The lowest BCUT2D eigenvalue weighted by molar-refractivity contribution is -0.116. The third kappa shape index (κ3) is 4.56. The number of aromatic nitrogens is 2. The first-order valence-corrected chi connectivity index (χ1v) is 15.2. The van der Waals surface area contributed by atoms with Gasteiger partial charge in [-0.15, -0.1) is 11.3 Å². The van der Waals surface area contributed by atoms with E-state index in [1.54, 1.807) is 24.3 Å². The highest BCUT2D eigenvalue weighted by molar-refractivity contribution is 7.18. The van der Waals surface area contributed by atoms with Crippen molar-refractivity contribution in [3.8, 4) is 11.3 Å². The van der Waals surface area contributed by atoms with Gasteiger partial charge in [-0.1, -0.05) is 34.4 Å². The van der Waals surface area contributed by atoms with E-state index in [0.29, 0.717) is 56.4 Å². The van der Waals surface area contributed by atoms with Crippen molar-refractivity contribution in [3.63, 3.8) is 0 Å². The van der Waals surface area contributed by atoms with E-state index in [-0.39, 0.29) is 34.9 Å². The summed E-state index contributed by atoms with van der Waals surface area (Å²) in [6.07, 6.45) is 4.97. The number of benzene rings is 2. The molecule has 3 aliphatic carbocycles. The Bertz CT molecular complexity index is 1640. The summed E-state index contributed by atoms with van der Waals surface area (Å²) in [5.41, 5.74) is 1.36. The molecule has 7 rings (SSSR count). The molecule has 4 atom stereocenters. The van der Waals surface area contributed by atoms with Crippen molar-refractivity contribution < 1.29 is 23.6 Å². The molecule has 4 N–H and O–H groups in total. The van der Waals surface area contributed by atoms with Gasteiger partial charge in [0.1, 0.15) is 27.6 Å². The molecule has 214 valence electrons. The van der Waals surface area contributed by atoms with Crippen molar-refractivity contribution in [1.82, 2.24) is 10.1 Å². The van der Waals surface area contributed by atoms with Crippen molar-refractivity contribution in [1.29, 1.82) is 5.41 Å². The predicted molar refractivity (Wildman–Crippen MR) is 154 cm³/mol. The first-order valence-electron chi connectivity index (χ1n) is 13.6. The third-order valence-corrected chi connectivity index (χ3v) is 10.6. The molecule has 2 bridgehead atoms. The zero-order chi connectivity index (χ0) is 28.5. The molecule has 2 aromatic carbocycles. The number of rotatable bonds is 7. The van der Waals surface area contributed by atoms with E-state index in [4.69, 9.17) is 43.8 Å². The normalized spacial score (nSPS) is 25.6. The van der Waals surface area contributed by atoms with Gasteiger partial charge in [0.2, 0.25) is 5.90 Å². The minimum Gasteiger partial charge on any atom is -0.391 e. The highest BCUT2D eigenvalue weighted by Gasteiger charge is 2.56. The van der Waals surface area contributed by atoms with Crippen LogP contribution in [0.2, 0.25) is 10.0 Å². The monoisotopic (exact) mass is 616 g/mol. The van der Waals surface area contributed by atoms with Crippen LogP contribution in [-0.2, 0) is 21.8 Å². The Morgan fingerprint density at radius 3 is 2.54 bits per heavy atom. The number of hydrogen-bond acceptors (Lipinski definition) is 9. The van der Waals surface area contributed by atoms with Crippen molar-refractivity contribution in [2.75, 3.05) is 0 Å². The summed E-state index contributed by atoms with van der Waals surface area (Å²) in [5.74, 6) is 5.17. The van der Waals surface area contributed by atoms with Crippen LogP contribution in [0.15, 0.2) is 34.9 Å². The van der Waals surface area contributed by atoms with Gasteiger partial charge in [0.25, 0.3) is 0 Å². The number of nitrogens with zero attached hydrogens (tertiary/aromatic N) is 2. The SMILES string of the molecule is N=C(ON)c1cc(F)c2nc([C@]3(O)[C@@H]4CC[C@H]3C[C@H](OCc3c(-c5c(Cl)cccc5Cl)noc3C3CC3)C4)sc2c1. The smallest absolute Gasteiger partial charge is 0.237 e. The van der Waals surface area contributed by atoms with Gasteiger partial charge in [0, 0.05) is 22.6 Å². The summed E-state index contributed by atoms with van der Waals surface area (Å²) in [5, 5.41) is 25.7. The molecule has 2 heterocycles. The highest BCUT2D eigenvalue weighted by atomic mass is 35.5. The van der Waals surface area contributed by atoms with Gasteiger partial charge >= 0.3 is 0 Å². The van der Waals surface area contributed by atoms with Crippen molar-refractivity contribution in [3.05, 3.63) is 68.1 Å². The molecule has 3 fully saturated rings. The highest BCUT2D eigenvalue weighted by Crippen LogP contribution is 2.57. The standard InChI is InChI=1S/C29H27Cl2FN4O4S/c30-19-2-1-3-20(31)23(19)24-18(26(40-36-24)13-4-5-13)12-38-17-10-15-6-7-16(11-17)29(15,37)28-35-25-21(32)8-14(27(33)39-34)9-22(25)41-28/h1-3,8-9,13,15-17,33,37H,4-7,10-12,34H2/t15-,16+,17-,29+. The molecule has 8 nitrogen and oxygen atoms in total. The Morgan fingerprint density at radius 2 is 1.88 bits per heavy atom. The molecule has 4 aromatic rings. The number of nitrogens with one attached hydrogen (secondary N) is 1. The summed E-state index contributed by atoms with van der Waals surface area (Å²) >= 11 is 14.3. The minimum atomic E-state index is -1.17. The lowest BCUT2D eigenvalue weighted by atomic mass is 9.73. The molecular weight excluding hydrogens is 590 g/mol. The topological polar surface area (TPSA) is 127 Å². The Morgan fingerprint density at radius 1 is 1.17 bits per heavy atom. The van der Waals surface area contributed by atoms with Gasteiger partial charge in [-0.05, 0) is 74.6 Å². The summed E-state index contributed by atoms with van der Waals surface area (Å²) in [7, 11) is 0. The fourth-order valence-electron chi connectivity index (χ4n) is 6.60. The van der Waals surface area contributed by atoms with Crippen molar-refractivity contribution in [2.24, 2.45) is 17.7 Å². The van der Waals surface area contributed by atoms with Crippen LogP contribution in [0, 0.1) is 23.1 Å². The van der Waals surface area contributed by atoms with Gasteiger partial charge in [-0.25, -0.2) is 9.37 Å².